The topological polar surface area (TPSA) is 81.7 Å². The Bertz CT molecular complexity index is 322. The number of rotatable bonds is 9. The summed E-state index contributed by atoms with van der Waals surface area (Å²) in [6, 6.07) is -1.26. The quantitative estimate of drug-likeness (QED) is 0.594. The molecule has 2 amide bonds. The number of carbonyl (C=O) groups excluding carboxylic acids is 1. The molecule has 1 atom stereocenters. The molecular weight excluding hydrogens is 278 g/mol. The van der Waals surface area contributed by atoms with E-state index in [4.69, 9.17) is 5.11 Å². The van der Waals surface area contributed by atoms with Gasteiger partial charge in [-0.15, -0.1) is 0 Å². The molecule has 0 rings (SSSR count). The molecule has 0 aliphatic heterocycles. The molecule has 20 heavy (non-hydrogen) atoms. The lowest BCUT2D eigenvalue weighted by atomic mass is 9.93. The Morgan fingerprint density at radius 3 is 2.40 bits per heavy atom. The molecular formula is C13H27N3O3S. The predicted octanol–water partition coefficient (Wildman–Crippen LogP) is 1.08. The molecule has 0 aliphatic rings. The average Bonchev–Trinajstić information content (AvgIpc) is 2.30. The first-order valence-corrected chi connectivity index (χ1v) is 7.98. The van der Waals surface area contributed by atoms with E-state index in [1.54, 1.807) is 11.8 Å². The number of carboxylic acid groups (broad SMARTS) is 1. The number of amides is 2. The van der Waals surface area contributed by atoms with Gasteiger partial charge in [-0.2, -0.15) is 11.8 Å². The molecule has 6 nitrogen and oxygen atoms in total. The zero-order chi connectivity index (χ0) is 15.8. The van der Waals surface area contributed by atoms with E-state index >= 15 is 0 Å². The van der Waals surface area contributed by atoms with Crippen LogP contribution >= 0.6 is 11.8 Å². The highest BCUT2D eigenvalue weighted by atomic mass is 32.2. The number of carbonyl (C=O) groups is 2. The van der Waals surface area contributed by atoms with Crippen LogP contribution in [0.3, 0.4) is 0 Å². The fourth-order valence-corrected chi connectivity index (χ4v) is 2.41. The molecule has 1 unspecified atom stereocenters. The molecule has 0 aromatic heterocycles. The van der Waals surface area contributed by atoms with E-state index in [0.717, 1.165) is 6.54 Å². The van der Waals surface area contributed by atoms with Gasteiger partial charge in [-0.1, -0.05) is 13.8 Å². The van der Waals surface area contributed by atoms with E-state index in [9.17, 15) is 9.59 Å². The van der Waals surface area contributed by atoms with Gasteiger partial charge in [0.1, 0.15) is 6.04 Å². The number of carboxylic acids is 1. The second-order valence-electron chi connectivity index (χ2n) is 5.90. The highest BCUT2D eigenvalue weighted by Crippen LogP contribution is 2.13. The maximum atomic E-state index is 11.7. The Balaban J connectivity index is 4.22. The largest absolute Gasteiger partial charge is 0.480 e. The monoisotopic (exact) mass is 305 g/mol. The summed E-state index contributed by atoms with van der Waals surface area (Å²) in [4.78, 5) is 24.8. The summed E-state index contributed by atoms with van der Waals surface area (Å²) < 4.78 is 0. The molecule has 0 spiro atoms. The van der Waals surface area contributed by atoms with Gasteiger partial charge in [0.25, 0.3) is 0 Å². The molecule has 0 saturated carbocycles. The molecule has 0 bridgehead atoms. The summed E-state index contributed by atoms with van der Waals surface area (Å²) in [6.45, 7) is 5.43. The second-order valence-corrected chi connectivity index (χ2v) is 6.89. The van der Waals surface area contributed by atoms with Crippen LogP contribution in [0.2, 0.25) is 0 Å². The number of hydrogen-bond acceptors (Lipinski definition) is 4. The highest BCUT2D eigenvalue weighted by molar-refractivity contribution is 7.98. The van der Waals surface area contributed by atoms with E-state index < -0.39 is 18.0 Å². The van der Waals surface area contributed by atoms with Crippen LogP contribution in [0.4, 0.5) is 4.79 Å². The summed E-state index contributed by atoms with van der Waals surface area (Å²) in [5, 5.41) is 14.3. The van der Waals surface area contributed by atoms with Crippen LogP contribution in [0.5, 0.6) is 0 Å². The van der Waals surface area contributed by atoms with Crippen molar-refractivity contribution in [3.8, 4) is 0 Å². The number of hydrogen-bond donors (Lipinski definition) is 3. The van der Waals surface area contributed by atoms with Crippen molar-refractivity contribution in [1.82, 2.24) is 15.5 Å². The SMILES string of the molecule is CSCCC(NC(=O)NCC(C)(C)CN(C)C)C(=O)O. The molecule has 0 heterocycles. The van der Waals surface area contributed by atoms with Crippen molar-refractivity contribution in [1.29, 1.82) is 0 Å². The van der Waals surface area contributed by atoms with Gasteiger partial charge in [0.2, 0.25) is 0 Å². The summed E-state index contributed by atoms with van der Waals surface area (Å²) >= 11 is 1.56. The first kappa shape index (κ1) is 19.1. The molecule has 0 radical (unpaired) electrons. The Morgan fingerprint density at radius 1 is 1.35 bits per heavy atom. The van der Waals surface area contributed by atoms with Crippen LogP contribution in [-0.4, -0.2) is 67.2 Å². The molecule has 118 valence electrons. The van der Waals surface area contributed by atoms with Crippen LogP contribution in [0.1, 0.15) is 20.3 Å². The Kier molecular flexibility index (Phi) is 8.64. The van der Waals surface area contributed by atoms with Gasteiger partial charge < -0.3 is 20.6 Å². The van der Waals surface area contributed by atoms with E-state index in [1.807, 2.05) is 20.4 Å². The van der Waals surface area contributed by atoms with E-state index in [1.165, 1.54) is 0 Å². The van der Waals surface area contributed by atoms with Crippen molar-refractivity contribution in [3.05, 3.63) is 0 Å². The van der Waals surface area contributed by atoms with E-state index in [2.05, 4.69) is 29.4 Å². The van der Waals surface area contributed by atoms with Crippen LogP contribution in [0, 0.1) is 5.41 Å². The minimum atomic E-state index is -0.998. The van der Waals surface area contributed by atoms with Gasteiger partial charge >= 0.3 is 12.0 Å². The van der Waals surface area contributed by atoms with Crippen molar-refractivity contribution in [2.45, 2.75) is 26.3 Å². The number of urea groups is 1. The minimum absolute atomic E-state index is 0.0706. The summed E-state index contributed by atoms with van der Waals surface area (Å²) in [5.74, 6) is -0.301. The predicted molar refractivity (Wildman–Crippen MR) is 83.3 cm³/mol. The number of thioether (sulfide) groups is 1. The third-order valence-electron chi connectivity index (χ3n) is 2.69. The maximum Gasteiger partial charge on any atom is 0.326 e. The van der Waals surface area contributed by atoms with Gasteiger partial charge in [-0.05, 0) is 37.9 Å². The molecule has 0 fully saturated rings. The molecule has 0 aliphatic carbocycles. The summed E-state index contributed by atoms with van der Waals surface area (Å²) in [5.41, 5.74) is -0.0706. The fraction of sp³-hybridized carbons (Fsp3) is 0.846. The molecule has 0 saturated heterocycles. The van der Waals surface area contributed by atoms with Crippen molar-refractivity contribution in [2.24, 2.45) is 5.41 Å². The first-order valence-electron chi connectivity index (χ1n) is 6.59. The van der Waals surface area contributed by atoms with Crippen molar-refractivity contribution in [2.75, 3.05) is 39.2 Å². The van der Waals surface area contributed by atoms with Gasteiger partial charge in [-0.3, -0.25) is 0 Å². The second kappa shape index (κ2) is 9.07. The normalized spacial score (nSPS) is 13.1. The van der Waals surface area contributed by atoms with Gasteiger partial charge in [0.05, 0.1) is 0 Å². The standard InChI is InChI=1S/C13H27N3O3S/c1-13(2,9-16(3)4)8-14-12(19)15-10(11(17)18)6-7-20-5/h10H,6-9H2,1-5H3,(H,17,18)(H2,14,15,19). The van der Waals surface area contributed by atoms with E-state index in [0.29, 0.717) is 18.7 Å². The Hall–Kier alpha value is -0.950. The average molecular weight is 305 g/mol. The summed E-state index contributed by atoms with van der Waals surface area (Å²) in [7, 11) is 3.95. The number of nitrogens with zero attached hydrogens (tertiary/aromatic N) is 1. The molecule has 0 aromatic rings. The molecule has 3 N–H and O–H groups in total. The number of nitrogens with one attached hydrogen (secondary N) is 2. The Labute approximate surface area is 125 Å². The lowest BCUT2D eigenvalue weighted by Gasteiger charge is -2.28. The third kappa shape index (κ3) is 9.03. The van der Waals surface area contributed by atoms with Crippen molar-refractivity contribution >= 4 is 23.8 Å². The number of aliphatic carboxylic acids is 1. The zero-order valence-corrected chi connectivity index (χ0v) is 13.8. The van der Waals surface area contributed by atoms with Crippen LogP contribution in [0.25, 0.3) is 0 Å². The smallest absolute Gasteiger partial charge is 0.326 e. The molecule has 7 heteroatoms. The van der Waals surface area contributed by atoms with Gasteiger partial charge in [0.15, 0.2) is 0 Å². The van der Waals surface area contributed by atoms with Gasteiger partial charge in [0, 0.05) is 13.1 Å². The fourth-order valence-electron chi connectivity index (χ4n) is 1.93. The highest BCUT2D eigenvalue weighted by Gasteiger charge is 2.22. The zero-order valence-electron chi connectivity index (χ0n) is 13.0. The minimum Gasteiger partial charge on any atom is -0.480 e. The van der Waals surface area contributed by atoms with Crippen LogP contribution in [0.15, 0.2) is 0 Å². The first-order chi connectivity index (χ1) is 9.18. The lowest BCUT2D eigenvalue weighted by Crippen LogP contribution is -2.49. The molecule has 0 aromatic carbocycles. The van der Waals surface area contributed by atoms with Crippen LogP contribution in [-0.2, 0) is 4.79 Å². The van der Waals surface area contributed by atoms with Crippen LogP contribution < -0.4 is 10.6 Å². The van der Waals surface area contributed by atoms with Crippen molar-refractivity contribution < 1.29 is 14.7 Å². The lowest BCUT2D eigenvalue weighted by molar-refractivity contribution is -0.139. The Morgan fingerprint density at radius 2 is 1.95 bits per heavy atom. The summed E-state index contributed by atoms with van der Waals surface area (Å²) in [6.07, 6.45) is 2.33. The maximum absolute atomic E-state index is 11.7. The van der Waals surface area contributed by atoms with Gasteiger partial charge in [-0.25, -0.2) is 9.59 Å². The van der Waals surface area contributed by atoms with Crippen molar-refractivity contribution in [3.63, 3.8) is 0 Å². The third-order valence-corrected chi connectivity index (χ3v) is 3.33. The van der Waals surface area contributed by atoms with E-state index in [-0.39, 0.29) is 5.41 Å².